The number of hydrogen-bond acceptors (Lipinski definition) is 4. The second-order valence-corrected chi connectivity index (χ2v) is 5.61. The van der Waals surface area contributed by atoms with Crippen LogP contribution in [0.2, 0.25) is 0 Å². The quantitative estimate of drug-likeness (QED) is 0.583. The van der Waals surface area contributed by atoms with E-state index < -0.39 is 0 Å². The highest BCUT2D eigenvalue weighted by Gasteiger charge is 2.07. The molecule has 2 rings (SSSR count). The SMILES string of the molecule is CCOC(=O)c1ccc(NC(=O)CCCOc2ccc(C)cc2)cc1. The molecule has 0 radical (unpaired) electrons. The summed E-state index contributed by atoms with van der Waals surface area (Å²) < 4.78 is 10.5. The first-order chi connectivity index (χ1) is 12.1. The molecule has 0 bridgehead atoms. The van der Waals surface area contributed by atoms with Crippen LogP contribution in [0.5, 0.6) is 5.75 Å². The van der Waals surface area contributed by atoms with Gasteiger partial charge in [0.05, 0.1) is 18.8 Å². The molecule has 2 aromatic carbocycles. The minimum Gasteiger partial charge on any atom is -0.494 e. The lowest BCUT2D eigenvalue weighted by Crippen LogP contribution is -2.13. The maximum atomic E-state index is 11.9. The van der Waals surface area contributed by atoms with Crippen molar-refractivity contribution in [1.29, 1.82) is 0 Å². The van der Waals surface area contributed by atoms with Gasteiger partial charge in [-0.2, -0.15) is 0 Å². The van der Waals surface area contributed by atoms with Gasteiger partial charge in [0.1, 0.15) is 5.75 Å². The largest absolute Gasteiger partial charge is 0.494 e. The average Bonchev–Trinajstić information content (AvgIpc) is 2.61. The Morgan fingerprint density at radius 2 is 1.68 bits per heavy atom. The van der Waals surface area contributed by atoms with Crippen molar-refractivity contribution >= 4 is 17.6 Å². The molecule has 0 fully saturated rings. The van der Waals surface area contributed by atoms with Gasteiger partial charge in [-0.1, -0.05) is 17.7 Å². The van der Waals surface area contributed by atoms with E-state index in [4.69, 9.17) is 9.47 Å². The Hall–Kier alpha value is -2.82. The summed E-state index contributed by atoms with van der Waals surface area (Å²) in [6.45, 7) is 4.60. The smallest absolute Gasteiger partial charge is 0.338 e. The highest BCUT2D eigenvalue weighted by Crippen LogP contribution is 2.13. The molecule has 0 atom stereocenters. The van der Waals surface area contributed by atoms with Crippen LogP contribution in [0.4, 0.5) is 5.69 Å². The lowest BCUT2D eigenvalue weighted by atomic mass is 10.2. The monoisotopic (exact) mass is 341 g/mol. The van der Waals surface area contributed by atoms with Crippen molar-refractivity contribution in [3.8, 4) is 5.75 Å². The van der Waals surface area contributed by atoms with Crippen LogP contribution in [0.15, 0.2) is 48.5 Å². The molecule has 132 valence electrons. The second kappa shape index (κ2) is 9.47. The number of benzene rings is 2. The van der Waals surface area contributed by atoms with E-state index in [1.54, 1.807) is 31.2 Å². The second-order valence-electron chi connectivity index (χ2n) is 5.61. The number of carbonyl (C=O) groups is 2. The summed E-state index contributed by atoms with van der Waals surface area (Å²) in [4.78, 5) is 23.5. The van der Waals surface area contributed by atoms with E-state index in [-0.39, 0.29) is 11.9 Å². The molecule has 0 saturated heterocycles. The maximum Gasteiger partial charge on any atom is 0.338 e. The third-order valence-corrected chi connectivity index (χ3v) is 3.52. The summed E-state index contributed by atoms with van der Waals surface area (Å²) in [5, 5.41) is 2.80. The highest BCUT2D eigenvalue weighted by atomic mass is 16.5. The van der Waals surface area contributed by atoms with Crippen LogP contribution in [-0.2, 0) is 9.53 Å². The molecular weight excluding hydrogens is 318 g/mol. The molecule has 0 unspecified atom stereocenters. The molecule has 0 heterocycles. The average molecular weight is 341 g/mol. The summed E-state index contributed by atoms with van der Waals surface area (Å²) in [6, 6.07) is 14.5. The molecule has 1 amide bonds. The third kappa shape index (κ3) is 6.30. The molecule has 2 aromatic rings. The van der Waals surface area contributed by atoms with Crippen molar-refractivity contribution < 1.29 is 19.1 Å². The van der Waals surface area contributed by atoms with Crippen molar-refractivity contribution in [2.45, 2.75) is 26.7 Å². The summed E-state index contributed by atoms with van der Waals surface area (Å²) in [7, 11) is 0. The van der Waals surface area contributed by atoms with E-state index in [0.29, 0.717) is 37.3 Å². The first-order valence-corrected chi connectivity index (χ1v) is 8.35. The Labute approximate surface area is 148 Å². The third-order valence-electron chi connectivity index (χ3n) is 3.52. The van der Waals surface area contributed by atoms with Gasteiger partial charge in [-0.15, -0.1) is 0 Å². The van der Waals surface area contributed by atoms with Gasteiger partial charge in [-0.05, 0) is 56.7 Å². The lowest BCUT2D eigenvalue weighted by molar-refractivity contribution is -0.116. The summed E-state index contributed by atoms with van der Waals surface area (Å²) in [6.07, 6.45) is 0.992. The number of anilines is 1. The van der Waals surface area contributed by atoms with Gasteiger partial charge in [0.15, 0.2) is 0 Å². The molecule has 1 N–H and O–H groups in total. The molecule has 0 aromatic heterocycles. The van der Waals surface area contributed by atoms with Crippen LogP contribution in [0, 0.1) is 6.92 Å². The van der Waals surface area contributed by atoms with Gasteiger partial charge >= 0.3 is 5.97 Å². The highest BCUT2D eigenvalue weighted by molar-refractivity contribution is 5.93. The topological polar surface area (TPSA) is 64.6 Å². The summed E-state index contributed by atoms with van der Waals surface area (Å²) in [5.41, 5.74) is 2.30. The van der Waals surface area contributed by atoms with Gasteiger partial charge < -0.3 is 14.8 Å². The van der Waals surface area contributed by atoms with Crippen LogP contribution >= 0.6 is 0 Å². The number of amides is 1. The van der Waals surface area contributed by atoms with Crippen LogP contribution in [0.3, 0.4) is 0 Å². The van der Waals surface area contributed by atoms with E-state index in [1.807, 2.05) is 31.2 Å². The molecule has 0 saturated carbocycles. The number of carbonyl (C=O) groups excluding carboxylic acids is 2. The van der Waals surface area contributed by atoms with E-state index in [1.165, 1.54) is 5.56 Å². The zero-order valence-electron chi connectivity index (χ0n) is 14.6. The van der Waals surface area contributed by atoms with Crippen LogP contribution in [-0.4, -0.2) is 25.1 Å². The molecule has 25 heavy (non-hydrogen) atoms. The van der Waals surface area contributed by atoms with Gasteiger partial charge in [0, 0.05) is 12.1 Å². The number of esters is 1. The van der Waals surface area contributed by atoms with Crippen molar-refractivity contribution in [2.75, 3.05) is 18.5 Å². The number of aryl methyl sites for hydroxylation is 1. The standard InChI is InChI=1S/C20H23NO4/c1-3-24-20(23)16-8-10-17(11-9-16)21-19(22)5-4-14-25-18-12-6-15(2)7-13-18/h6-13H,3-5,14H2,1-2H3,(H,21,22). The Morgan fingerprint density at radius 1 is 1.00 bits per heavy atom. The number of nitrogens with one attached hydrogen (secondary N) is 1. The van der Waals surface area contributed by atoms with E-state index in [2.05, 4.69) is 5.32 Å². The normalized spacial score (nSPS) is 10.2. The minimum atomic E-state index is -0.367. The Morgan fingerprint density at radius 3 is 2.32 bits per heavy atom. The van der Waals surface area contributed by atoms with Crippen LogP contribution in [0.1, 0.15) is 35.7 Å². The first kappa shape index (κ1) is 18.5. The van der Waals surface area contributed by atoms with Gasteiger partial charge in [0.2, 0.25) is 5.91 Å². The summed E-state index contributed by atoms with van der Waals surface area (Å²) >= 11 is 0. The fourth-order valence-corrected chi connectivity index (χ4v) is 2.18. The fraction of sp³-hybridized carbons (Fsp3) is 0.300. The molecular formula is C20H23NO4. The minimum absolute atomic E-state index is 0.0867. The Balaban J connectivity index is 1.71. The van der Waals surface area contributed by atoms with Gasteiger partial charge in [-0.25, -0.2) is 4.79 Å². The van der Waals surface area contributed by atoms with Gasteiger partial charge in [-0.3, -0.25) is 4.79 Å². The van der Waals surface area contributed by atoms with E-state index in [0.717, 1.165) is 5.75 Å². The number of hydrogen-bond donors (Lipinski definition) is 1. The molecule has 5 nitrogen and oxygen atoms in total. The number of ether oxygens (including phenoxy) is 2. The maximum absolute atomic E-state index is 11.9. The van der Waals surface area contributed by atoms with Crippen LogP contribution in [0.25, 0.3) is 0 Å². The van der Waals surface area contributed by atoms with Crippen molar-refractivity contribution in [3.63, 3.8) is 0 Å². The number of rotatable bonds is 8. The molecule has 5 heteroatoms. The molecule has 0 aliphatic rings. The predicted molar refractivity (Wildman–Crippen MR) is 96.9 cm³/mol. The van der Waals surface area contributed by atoms with Crippen molar-refractivity contribution in [2.24, 2.45) is 0 Å². The van der Waals surface area contributed by atoms with Crippen molar-refractivity contribution in [3.05, 3.63) is 59.7 Å². The van der Waals surface area contributed by atoms with Crippen molar-refractivity contribution in [1.82, 2.24) is 0 Å². The zero-order chi connectivity index (χ0) is 18.1. The lowest BCUT2D eigenvalue weighted by Gasteiger charge is -2.08. The molecule has 0 aliphatic heterocycles. The zero-order valence-corrected chi connectivity index (χ0v) is 14.6. The molecule has 0 spiro atoms. The van der Waals surface area contributed by atoms with Crippen LogP contribution < -0.4 is 10.1 Å². The fourth-order valence-electron chi connectivity index (χ4n) is 2.18. The van der Waals surface area contributed by atoms with E-state index in [9.17, 15) is 9.59 Å². The Kier molecular flexibility index (Phi) is 7.01. The Bertz CT molecular complexity index is 693. The predicted octanol–water partition coefficient (Wildman–Crippen LogP) is 3.97. The molecule has 0 aliphatic carbocycles. The van der Waals surface area contributed by atoms with E-state index >= 15 is 0 Å². The summed E-state index contributed by atoms with van der Waals surface area (Å²) in [5.74, 6) is 0.352. The first-order valence-electron chi connectivity index (χ1n) is 8.35. The van der Waals surface area contributed by atoms with Gasteiger partial charge in [0.25, 0.3) is 0 Å².